The van der Waals surface area contributed by atoms with Gasteiger partial charge in [0.25, 0.3) is 5.91 Å². The van der Waals surface area contributed by atoms with Crippen molar-refractivity contribution in [1.82, 2.24) is 5.32 Å². The Balaban J connectivity index is 2.21. The molecule has 0 bridgehead atoms. The predicted molar refractivity (Wildman–Crippen MR) is 82.3 cm³/mol. The van der Waals surface area contributed by atoms with Crippen molar-refractivity contribution >= 4 is 17.2 Å². The molecule has 2 rings (SSSR count). The van der Waals surface area contributed by atoms with Crippen LogP contribution in [0.4, 0.5) is 0 Å². The molecular weight excluding hydrogens is 272 g/mol. The highest BCUT2D eigenvalue weighted by atomic mass is 32.1. The number of thiophene rings is 1. The van der Waals surface area contributed by atoms with E-state index in [1.54, 1.807) is 7.11 Å². The molecule has 0 aliphatic rings. The molecule has 1 heterocycles. The number of nitrogens with two attached hydrogens (primary N) is 1. The van der Waals surface area contributed by atoms with Gasteiger partial charge in [0.2, 0.25) is 0 Å². The third-order valence-electron chi connectivity index (χ3n) is 2.85. The van der Waals surface area contributed by atoms with Crippen LogP contribution in [0.25, 0.3) is 10.4 Å². The van der Waals surface area contributed by atoms with E-state index in [-0.39, 0.29) is 5.91 Å². The van der Waals surface area contributed by atoms with E-state index in [4.69, 9.17) is 10.5 Å². The molecule has 4 nitrogen and oxygen atoms in total. The first kappa shape index (κ1) is 14.6. The van der Waals surface area contributed by atoms with Crippen LogP contribution in [0.5, 0.6) is 5.75 Å². The lowest BCUT2D eigenvalue weighted by Crippen LogP contribution is -2.25. The van der Waals surface area contributed by atoms with Gasteiger partial charge in [0.05, 0.1) is 7.11 Å². The number of carbonyl (C=O) groups is 1. The zero-order valence-electron chi connectivity index (χ0n) is 11.4. The van der Waals surface area contributed by atoms with Crippen LogP contribution in [-0.2, 0) is 0 Å². The Kier molecular flexibility index (Phi) is 5.15. The van der Waals surface area contributed by atoms with Crippen LogP contribution in [0.3, 0.4) is 0 Å². The molecule has 0 spiro atoms. The lowest BCUT2D eigenvalue weighted by Gasteiger charge is -2.03. The Morgan fingerprint density at radius 2 is 2.10 bits per heavy atom. The third kappa shape index (κ3) is 3.37. The van der Waals surface area contributed by atoms with E-state index in [0.29, 0.717) is 23.7 Å². The smallest absolute Gasteiger partial charge is 0.265 e. The number of methoxy groups -OCH3 is 1. The van der Waals surface area contributed by atoms with Crippen LogP contribution >= 0.6 is 11.3 Å². The van der Waals surface area contributed by atoms with Gasteiger partial charge >= 0.3 is 0 Å². The summed E-state index contributed by atoms with van der Waals surface area (Å²) in [7, 11) is 1.58. The van der Waals surface area contributed by atoms with E-state index in [9.17, 15) is 4.79 Å². The van der Waals surface area contributed by atoms with Crippen molar-refractivity contribution in [2.24, 2.45) is 5.73 Å². The molecule has 1 aromatic heterocycles. The summed E-state index contributed by atoms with van der Waals surface area (Å²) in [5.41, 5.74) is 6.50. The van der Waals surface area contributed by atoms with E-state index in [1.807, 2.05) is 36.4 Å². The molecule has 0 fully saturated rings. The maximum atomic E-state index is 12.1. The molecule has 5 heteroatoms. The van der Waals surface area contributed by atoms with Crippen molar-refractivity contribution in [3.05, 3.63) is 41.3 Å². The molecule has 0 atom stereocenters. The summed E-state index contributed by atoms with van der Waals surface area (Å²) in [5, 5.41) is 2.85. The summed E-state index contributed by atoms with van der Waals surface area (Å²) in [4.78, 5) is 13.7. The van der Waals surface area contributed by atoms with Crippen LogP contribution in [0.15, 0.2) is 36.4 Å². The van der Waals surface area contributed by atoms with Crippen LogP contribution in [-0.4, -0.2) is 26.1 Å². The number of hydrogen-bond acceptors (Lipinski definition) is 4. The fourth-order valence-corrected chi connectivity index (χ4v) is 2.86. The number of hydrogen-bond donors (Lipinski definition) is 2. The number of nitrogens with one attached hydrogen (secondary N) is 1. The standard InChI is InChI=1S/C15H18N2O2S/c1-19-12-10-13(11-6-3-2-4-7-11)20-14(12)15(18)17-9-5-8-16/h2-4,6-7,10H,5,8-9,16H2,1H3,(H,17,18). The van der Waals surface area contributed by atoms with Crippen molar-refractivity contribution < 1.29 is 9.53 Å². The maximum absolute atomic E-state index is 12.1. The first-order valence-electron chi connectivity index (χ1n) is 6.47. The van der Waals surface area contributed by atoms with E-state index in [0.717, 1.165) is 16.9 Å². The number of ether oxygens (including phenoxy) is 1. The van der Waals surface area contributed by atoms with E-state index >= 15 is 0 Å². The molecule has 3 N–H and O–H groups in total. The number of benzene rings is 1. The highest BCUT2D eigenvalue weighted by Gasteiger charge is 2.17. The van der Waals surface area contributed by atoms with Gasteiger partial charge in [-0.3, -0.25) is 4.79 Å². The zero-order chi connectivity index (χ0) is 14.4. The highest BCUT2D eigenvalue weighted by molar-refractivity contribution is 7.17. The minimum Gasteiger partial charge on any atom is -0.495 e. The van der Waals surface area contributed by atoms with Gasteiger partial charge in [0.1, 0.15) is 10.6 Å². The average molecular weight is 290 g/mol. The largest absolute Gasteiger partial charge is 0.495 e. The molecule has 0 aliphatic carbocycles. The molecule has 2 aromatic rings. The van der Waals surface area contributed by atoms with Gasteiger partial charge in [-0.2, -0.15) is 0 Å². The van der Waals surface area contributed by atoms with Crippen molar-refractivity contribution in [3.63, 3.8) is 0 Å². The number of carbonyl (C=O) groups excluding carboxylic acids is 1. The van der Waals surface area contributed by atoms with Crippen molar-refractivity contribution in [2.75, 3.05) is 20.2 Å². The second-order valence-corrected chi connectivity index (χ2v) is 5.32. The maximum Gasteiger partial charge on any atom is 0.265 e. The fraction of sp³-hybridized carbons (Fsp3) is 0.267. The van der Waals surface area contributed by atoms with Gasteiger partial charge in [-0.1, -0.05) is 30.3 Å². The number of amides is 1. The highest BCUT2D eigenvalue weighted by Crippen LogP contribution is 2.35. The Labute approximate surface area is 122 Å². The summed E-state index contributed by atoms with van der Waals surface area (Å²) in [5.74, 6) is 0.501. The SMILES string of the molecule is COc1cc(-c2ccccc2)sc1C(=O)NCCCN. The van der Waals surface area contributed by atoms with Crippen LogP contribution in [0, 0.1) is 0 Å². The summed E-state index contributed by atoms with van der Waals surface area (Å²) in [6.07, 6.45) is 0.769. The van der Waals surface area contributed by atoms with Gasteiger partial charge in [-0.25, -0.2) is 0 Å². The van der Waals surface area contributed by atoms with Crippen molar-refractivity contribution in [3.8, 4) is 16.2 Å². The van der Waals surface area contributed by atoms with E-state index < -0.39 is 0 Å². The molecular formula is C15H18N2O2S. The molecule has 0 saturated carbocycles. The molecule has 0 radical (unpaired) electrons. The van der Waals surface area contributed by atoms with Crippen molar-refractivity contribution in [2.45, 2.75) is 6.42 Å². The van der Waals surface area contributed by atoms with Gasteiger partial charge in [-0.15, -0.1) is 11.3 Å². The third-order valence-corrected chi connectivity index (χ3v) is 4.01. The minimum absolute atomic E-state index is 0.109. The average Bonchev–Trinajstić information content (AvgIpc) is 2.92. The van der Waals surface area contributed by atoms with Crippen LogP contribution < -0.4 is 15.8 Å². The quantitative estimate of drug-likeness (QED) is 0.803. The normalized spacial score (nSPS) is 10.3. The van der Waals surface area contributed by atoms with Crippen LogP contribution in [0.1, 0.15) is 16.1 Å². The Hall–Kier alpha value is -1.85. The monoisotopic (exact) mass is 290 g/mol. The van der Waals surface area contributed by atoms with Gasteiger partial charge in [-0.05, 0) is 24.6 Å². The first-order valence-corrected chi connectivity index (χ1v) is 7.29. The topological polar surface area (TPSA) is 64.3 Å². The molecule has 1 aromatic carbocycles. The summed E-state index contributed by atoms with van der Waals surface area (Å²) in [6.45, 7) is 1.15. The molecule has 0 aliphatic heterocycles. The minimum atomic E-state index is -0.109. The molecule has 1 amide bonds. The van der Waals surface area contributed by atoms with E-state index in [2.05, 4.69) is 5.32 Å². The summed E-state index contributed by atoms with van der Waals surface area (Å²) in [6, 6.07) is 11.8. The van der Waals surface area contributed by atoms with E-state index in [1.165, 1.54) is 11.3 Å². The van der Waals surface area contributed by atoms with Gasteiger partial charge < -0.3 is 15.8 Å². The zero-order valence-corrected chi connectivity index (χ0v) is 12.2. The lowest BCUT2D eigenvalue weighted by atomic mass is 10.2. The predicted octanol–water partition coefficient (Wildman–Crippen LogP) is 2.50. The molecule has 0 saturated heterocycles. The fourth-order valence-electron chi connectivity index (χ4n) is 1.81. The summed E-state index contributed by atoms with van der Waals surface area (Å²) >= 11 is 1.44. The molecule has 0 unspecified atom stereocenters. The molecule has 20 heavy (non-hydrogen) atoms. The van der Waals surface area contributed by atoms with Crippen molar-refractivity contribution in [1.29, 1.82) is 0 Å². The Bertz CT molecular complexity index is 567. The van der Waals surface area contributed by atoms with Gasteiger partial charge in [0.15, 0.2) is 0 Å². The Morgan fingerprint density at radius 3 is 2.75 bits per heavy atom. The second kappa shape index (κ2) is 7.07. The molecule has 106 valence electrons. The number of rotatable bonds is 6. The second-order valence-electron chi connectivity index (χ2n) is 4.27. The summed E-state index contributed by atoms with van der Waals surface area (Å²) < 4.78 is 5.30. The first-order chi connectivity index (χ1) is 9.76. The van der Waals surface area contributed by atoms with Crippen LogP contribution in [0.2, 0.25) is 0 Å². The Morgan fingerprint density at radius 1 is 1.35 bits per heavy atom. The lowest BCUT2D eigenvalue weighted by molar-refractivity contribution is 0.0955. The van der Waals surface area contributed by atoms with Gasteiger partial charge in [0, 0.05) is 11.4 Å².